The van der Waals surface area contributed by atoms with Gasteiger partial charge in [0.1, 0.15) is 36.6 Å². The zero-order chi connectivity index (χ0) is 55.8. The first-order valence-electron chi connectivity index (χ1n) is 31.0. The molecule has 452 valence electrons. The van der Waals surface area contributed by atoms with Crippen molar-refractivity contribution in [2.24, 2.45) is 23.7 Å². The first kappa shape index (κ1) is 55.7. The summed E-state index contributed by atoms with van der Waals surface area (Å²) in [5, 5.41) is 54.2. The molecule has 33 atom stereocenters. The second-order valence-corrected chi connectivity index (χ2v) is 27.8. The molecule has 12 bridgehead atoms. The van der Waals surface area contributed by atoms with Gasteiger partial charge in [-0.15, -0.1) is 0 Å². The van der Waals surface area contributed by atoms with Gasteiger partial charge in [0, 0.05) is 63.7 Å². The van der Waals surface area contributed by atoms with E-state index in [0.717, 1.165) is 24.0 Å². The molecular weight excluding hydrogens is 1060 g/mol. The van der Waals surface area contributed by atoms with Crippen LogP contribution in [0, 0.1) is 23.7 Å². The first-order chi connectivity index (χ1) is 38.8. The third-order valence-corrected chi connectivity index (χ3v) is 22.2. The van der Waals surface area contributed by atoms with Crippen molar-refractivity contribution in [1.82, 2.24) is 0 Å². The summed E-state index contributed by atoms with van der Waals surface area (Å²) in [6.07, 6.45) is -5.06. The molecule has 0 aromatic carbocycles. The molecule has 81 heavy (non-hydrogen) atoms. The lowest BCUT2D eigenvalue weighted by Crippen LogP contribution is -2.63. The minimum atomic E-state index is -2.03. The molecule has 16 aliphatic rings. The molecule has 21 nitrogen and oxygen atoms in total. The van der Waals surface area contributed by atoms with Crippen molar-refractivity contribution in [3.8, 4) is 0 Å². The van der Waals surface area contributed by atoms with Crippen LogP contribution in [0.4, 0.5) is 0 Å². The van der Waals surface area contributed by atoms with E-state index in [1.54, 1.807) is 0 Å². The van der Waals surface area contributed by atoms with Crippen molar-refractivity contribution in [1.29, 1.82) is 0 Å². The third-order valence-electron chi connectivity index (χ3n) is 22.2. The molecule has 16 rings (SSSR count). The molecule has 21 heteroatoms. The van der Waals surface area contributed by atoms with Crippen LogP contribution >= 0.6 is 0 Å². The molecular formula is C60H86O21. The Morgan fingerprint density at radius 2 is 1.27 bits per heavy atom. The highest BCUT2D eigenvalue weighted by atomic mass is 16.8. The van der Waals surface area contributed by atoms with Crippen molar-refractivity contribution < 1.29 is 101 Å². The lowest BCUT2D eigenvalue weighted by Gasteiger charge is -2.50. The molecule has 5 unspecified atom stereocenters. The molecule has 16 fully saturated rings. The topological polar surface area (TPSA) is 257 Å². The average molecular weight is 1140 g/mol. The van der Waals surface area contributed by atoms with Gasteiger partial charge in [0.25, 0.3) is 0 Å². The Labute approximate surface area is 473 Å². The van der Waals surface area contributed by atoms with Crippen molar-refractivity contribution in [3.05, 3.63) is 24.3 Å². The fourth-order valence-electron chi connectivity index (χ4n) is 18.2. The van der Waals surface area contributed by atoms with E-state index in [2.05, 4.69) is 40.9 Å². The number of aliphatic hydroxyl groups is 5. The van der Waals surface area contributed by atoms with Crippen LogP contribution in [-0.4, -0.2) is 214 Å². The molecule has 0 amide bonds. The molecule has 0 saturated carbocycles. The Hall–Kier alpha value is -1.81. The van der Waals surface area contributed by atoms with Gasteiger partial charge in [0.05, 0.1) is 123 Å². The highest BCUT2D eigenvalue weighted by Crippen LogP contribution is 2.60. The van der Waals surface area contributed by atoms with Gasteiger partial charge in [0.2, 0.25) is 11.6 Å². The molecule has 16 saturated heterocycles. The number of hydrogen-bond donors (Lipinski definition) is 5. The summed E-state index contributed by atoms with van der Waals surface area (Å²) in [7, 11) is 0. The van der Waals surface area contributed by atoms with Gasteiger partial charge >= 0.3 is 5.97 Å². The molecule has 0 aliphatic carbocycles. The third kappa shape index (κ3) is 9.28. The largest absolute Gasteiger partial charge is 0.459 e. The Morgan fingerprint density at radius 3 is 2.10 bits per heavy atom. The number of ether oxygens (including phenoxy) is 15. The van der Waals surface area contributed by atoms with Crippen molar-refractivity contribution in [2.45, 2.75) is 313 Å². The normalized spacial score (nSPS) is 57.9. The van der Waals surface area contributed by atoms with E-state index in [4.69, 9.17) is 71.1 Å². The van der Waals surface area contributed by atoms with Crippen molar-refractivity contribution in [2.75, 3.05) is 6.61 Å². The second-order valence-electron chi connectivity index (χ2n) is 27.8. The summed E-state index contributed by atoms with van der Waals surface area (Å²) >= 11 is 0. The lowest BCUT2D eigenvalue weighted by molar-refractivity contribution is -0.347. The summed E-state index contributed by atoms with van der Waals surface area (Å²) in [6.45, 7) is 17.2. The number of carbonyl (C=O) groups excluding carboxylic acids is 1. The quantitative estimate of drug-likeness (QED) is 0.200. The van der Waals surface area contributed by atoms with Gasteiger partial charge in [-0.05, 0) is 73.8 Å². The number of aliphatic hydroxyl groups excluding tert-OH is 4. The van der Waals surface area contributed by atoms with E-state index < -0.39 is 121 Å². The van der Waals surface area contributed by atoms with E-state index in [9.17, 15) is 30.3 Å². The van der Waals surface area contributed by atoms with Gasteiger partial charge in [-0.25, -0.2) is 0 Å². The van der Waals surface area contributed by atoms with Crippen LogP contribution in [0.2, 0.25) is 0 Å². The maximum Gasteiger partial charge on any atom is 0.308 e. The monoisotopic (exact) mass is 1140 g/mol. The number of carbonyl (C=O) groups is 1. The molecule has 0 aromatic heterocycles. The van der Waals surface area contributed by atoms with Gasteiger partial charge < -0.3 is 96.6 Å². The van der Waals surface area contributed by atoms with Crippen LogP contribution in [0.25, 0.3) is 0 Å². The van der Waals surface area contributed by atoms with Crippen LogP contribution in [0.5, 0.6) is 0 Å². The Kier molecular flexibility index (Phi) is 14.0. The highest BCUT2D eigenvalue weighted by molar-refractivity contribution is 5.70. The van der Waals surface area contributed by atoms with Gasteiger partial charge in [-0.2, -0.15) is 0 Å². The second kappa shape index (κ2) is 20.4. The Morgan fingerprint density at radius 1 is 0.568 bits per heavy atom. The molecule has 16 aliphatic heterocycles. The van der Waals surface area contributed by atoms with Gasteiger partial charge in [-0.1, -0.05) is 40.9 Å². The maximum atomic E-state index is 14.6. The van der Waals surface area contributed by atoms with Gasteiger partial charge in [-0.3, -0.25) is 4.79 Å². The van der Waals surface area contributed by atoms with Crippen LogP contribution in [-0.2, 0) is 75.8 Å². The smallest absolute Gasteiger partial charge is 0.308 e. The summed E-state index contributed by atoms with van der Waals surface area (Å²) in [6, 6.07) is 0. The predicted molar refractivity (Wildman–Crippen MR) is 276 cm³/mol. The highest BCUT2D eigenvalue weighted by Gasteiger charge is 2.79. The van der Waals surface area contributed by atoms with Crippen molar-refractivity contribution >= 4 is 5.97 Å². The summed E-state index contributed by atoms with van der Waals surface area (Å²) in [5.74, 6) is -5.84. The summed E-state index contributed by atoms with van der Waals surface area (Å²) in [4.78, 5) is 14.6. The van der Waals surface area contributed by atoms with Crippen molar-refractivity contribution in [3.63, 3.8) is 0 Å². The first-order valence-corrected chi connectivity index (χ1v) is 31.0. The minimum absolute atomic E-state index is 0.0207. The number of hydrogen-bond acceptors (Lipinski definition) is 21. The van der Waals surface area contributed by atoms with E-state index in [-0.39, 0.29) is 110 Å². The lowest BCUT2D eigenvalue weighted by atomic mass is 9.79. The fourth-order valence-corrected chi connectivity index (χ4v) is 18.2. The zero-order valence-electron chi connectivity index (χ0n) is 47.2. The average Bonchev–Trinajstić information content (AvgIpc) is 2.02. The van der Waals surface area contributed by atoms with Crippen LogP contribution in [0.15, 0.2) is 24.3 Å². The summed E-state index contributed by atoms with van der Waals surface area (Å²) < 4.78 is 102. The van der Waals surface area contributed by atoms with Crippen LogP contribution in [0.3, 0.4) is 0 Å². The molecule has 0 aromatic rings. The zero-order valence-corrected chi connectivity index (χ0v) is 47.2. The Bertz CT molecular complexity index is 2430. The Balaban J connectivity index is 0.660. The van der Waals surface area contributed by atoms with E-state index in [0.29, 0.717) is 77.0 Å². The number of rotatable bonds is 4. The number of esters is 1. The standard InChI is InChI=1S/C60H86O21/c1-25-13-32-7-9-36-26(2)14-34(67-36)11-12-59-56(65)60(66)55(81-59)54-53(80-60)52(79-59)51-37(71-54)10-8-33(69-51)16-46(64)74-50-30(6)49-42(70-41(50)17-38(68-32)29(25)5)19-40-44(73-49)22-58(75-40)23-45-48(78-58)28(4)21-57(77-45)20-27(3)47-43(76-57)18-39(72-47)35(63)15-31(62)24-61/h25,27-28,30-45,47-56,61-63,65-66H,2,5,7-24H2,1,3-4,6H3/t25-,27+,28+,30+,31-,32+,33-,34+,35+,36+,37+,38?,39+,40-,41+,42+,43+,44-,45+,47?,48+,49+,50-,51+,52+,53?,54?,55+,56+,57-,58+,59-,60?/m1/s1. The number of fused-ring (bicyclic) bond motifs is 10. The maximum absolute atomic E-state index is 14.6. The predicted octanol–water partition coefficient (Wildman–Crippen LogP) is 3.22. The molecule has 16 heterocycles. The van der Waals surface area contributed by atoms with Crippen LogP contribution < -0.4 is 0 Å². The van der Waals surface area contributed by atoms with E-state index in [1.165, 1.54) is 0 Å². The van der Waals surface area contributed by atoms with E-state index in [1.807, 2.05) is 0 Å². The molecule has 3 spiro atoms. The SMILES string of the molecule is C=C1C2C[C@@H]3O[C@H]4C[C@H]5O[C@@]6(C[C@@H]7O[C@]8(C[C@H](C)C9O[C@H]([C@@H](O)C[C@@H](O)CO)C[C@@H]9O8)C[C@H](C)[C@@H]7O6)C[C@H]5O[C@H]4[C@H](C)[C@H]3OC(=O)C[C@H]3CC[C@@H]4OC5C6OC7(O)[C@@H](O)[C@](CC[C@H]8CC(=C)[C@H](CC[C@@H](C[C@H]1C)O2)O8)(O[C@H]6[C@H]4O3)O[C@@H]57. The van der Waals surface area contributed by atoms with E-state index >= 15 is 0 Å². The minimum Gasteiger partial charge on any atom is -0.459 e. The van der Waals surface area contributed by atoms with Crippen LogP contribution in [0.1, 0.15) is 137 Å². The van der Waals surface area contributed by atoms with Gasteiger partial charge in [0.15, 0.2) is 17.7 Å². The summed E-state index contributed by atoms with van der Waals surface area (Å²) in [5.41, 5.74) is 1.99. The molecule has 0 radical (unpaired) electrons. The fraction of sp³-hybridized carbons (Fsp3) is 0.917. The molecule has 5 N–H and O–H groups in total.